The van der Waals surface area contributed by atoms with Crippen LogP contribution in [0.25, 0.3) is 0 Å². The molecule has 7 heteroatoms. The fourth-order valence-corrected chi connectivity index (χ4v) is 3.17. The van der Waals surface area contributed by atoms with E-state index >= 15 is 0 Å². The van der Waals surface area contributed by atoms with Gasteiger partial charge in [0.05, 0.1) is 31.6 Å². The highest BCUT2D eigenvalue weighted by molar-refractivity contribution is 5.96. The van der Waals surface area contributed by atoms with Crippen molar-refractivity contribution in [1.82, 2.24) is 19.7 Å². The number of aromatic nitrogens is 3. The third-order valence-corrected chi connectivity index (χ3v) is 4.31. The predicted octanol–water partition coefficient (Wildman–Crippen LogP) is 1.60. The quantitative estimate of drug-likeness (QED) is 0.833. The van der Waals surface area contributed by atoms with Gasteiger partial charge in [-0.3, -0.25) is 9.48 Å². The molecule has 1 aliphatic rings. The maximum atomic E-state index is 13.1. The zero-order valence-corrected chi connectivity index (χ0v) is 14.2. The molecule has 2 aromatic heterocycles. The van der Waals surface area contributed by atoms with Crippen molar-refractivity contribution in [2.45, 2.75) is 19.4 Å². The Morgan fingerprint density at radius 1 is 1.46 bits per heavy atom. The Morgan fingerprint density at radius 3 is 3.04 bits per heavy atom. The van der Waals surface area contributed by atoms with E-state index in [4.69, 9.17) is 9.47 Å². The van der Waals surface area contributed by atoms with Gasteiger partial charge in [-0.1, -0.05) is 0 Å². The molecule has 3 rings (SSSR count). The van der Waals surface area contributed by atoms with Crippen LogP contribution in [0.4, 0.5) is 0 Å². The summed E-state index contributed by atoms with van der Waals surface area (Å²) in [5.41, 5.74) is 2.67. The van der Waals surface area contributed by atoms with Crippen molar-refractivity contribution in [3.63, 3.8) is 0 Å². The Kier molecular flexibility index (Phi) is 4.80. The van der Waals surface area contributed by atoms with Gasteiger partial charge in [-0.15, -0.1) is 0 Å². The van der Waals surface area contributed by atoms with Gasteiger partial charge in [-0.05, 0) is 31.0 Å². The molecule has 3 heterocycles. The summed E-state index contributed by atoms with van der Waals surface area (Å²) >= 11 is 0. The summed E-state index contributed by atoms with van der Waals surface area (Å²) in [7, 11) is 3.42. The number of carbonyl (C=O) groups excluding carboxylic acids is 1. The fraction of sp³-hybridized carbons (Fsp3) is 0.471. The zero-order chi connectivity index (χ0) is 17.1. The Labute approximate surface area is 141 Å². The number of ether oxygens (including phenoxy) is 2. The lowest BCUT2D eigenvalue weighted by Crippen LogP contribution is -2.43. The summed E-state index contributed by atoms with van der Waals surface area (Å²) in [6.07, 6.45) is 4.27. The van der Waals surface area contributed by atoms with Gasteiger partial charge >= 0.3 is 0 Å². The number of methoxy groups -OCH3 is 1. The first-order valence-electron chi connectivity index (χ1n) is 8.05. The molecule has 0 fully saturated rings. The van der Waals surface area contributed by atoms with Crippen LogP contribution in [0, 0.1) is 0 Å². The van der Waals surface area contributed by atoms with Crippen LogP contribution < -0.4 is 4.74 Å². The maximum absolute atomic E-state index is 13.1. The molecule has 128 valence electrons. The standard InChI is InChI=1S/C17H22N4O3/c1-4-24-11-14-15-12(10-19-20(15)2)7-9-21(14)17(22)13-6-5-8-18-16(13)23-3/h5-6,8,10,14H,4,7,9,11H2,1-3H3/t14-/m0/s1. The third kappa shape index (κ3) is 2.87. The zero-order valence-electron chi connectivity index (χ0n) is 14.2. The van der Waals surface area contributed by atoms with E-state index in [0.29, 0.717) is 31.2 Å². The van der Waals surface area contributed by atoms with Crippen molar-refractivity contribution in [3.05, 3.63) is 41.3 Å². The Balaban J connectivity index is 1.96. The van der Waals surface area contributed by atoms with Gasteiger partial charge in [0.15, 0.2) is 0 Å². The number of hydrogen-bond acceptors (Lipinski definition) is 5. The SMILES string of the molecule is CCOC[C@H]1c2c(cnn2C)CCN1C(=O)c1cccnc1OC. The molecule has 7 nitrogen and oxygen atoms in total. The van der Waals surface area contributed by atoms with E-state index in [0.717, 1.165) is 12.1 Å². The van der Waals surface area contributed by atoms with Gasteiger partial charge in [0.25, 0.3) is 5.91 Å². The normalized spacial score (nSPS) is 16.8. The summed E-state index contributed by atoms with van der Waals surface area (Å²) in [6, 6.07) is 3.32. The van der Waals surface area contributed by atoms with Crippen LogP contribution >= 0.6 is 0 Å². The number of rotatable bonds is 5. The molecule has 0 saturated heterocycles. The second-order valence-corrected chi connectivity index (χ2v) is 5.66. The van der Waals surface area contributed by atoms with E-state index in [2.05, 4.69) is 10.1 Å². The van der Waals surface area contributed by atoms with Crippen molar-refractivity contribution in [3.8, 4) is 5.88 Å². The van der Waals surface area contributed by atoms with Crippen molar-refractivity contribution in [2.75, 3.05) is 26.9 Å². The van der Waals surface area contributed by atoms with E-state index in [1.54, 1.807) is 18.3 Å². The average Bonchev–Trinajstić information content (AvgIpc) is 3.00. The first-order chi connectivity index (χ1) is 11.7. The molecule has 0 radical (unpaired) electrons. The van der Waals surface area contributed by atoms with Crippen molar-refractivity contribution >= 4 is 5.91 Å². The summed E-state index contributed by atoms with van der Waals surface area (Å²) in [5.74, 6) is 0.241. The summed E-state index contributed by atoms with van der Waals surface area (Å²) in [5, 5.41) is 4.34. The number of fused-ring (bicyclic) bond motifs is 1. The fourth-order valence-electron chi connectivity index (χ4n) is 3.17. The van der Waals surface area contributed by atoms with Gasteiger partial charge < -0.3 is 14.4 Å². The third-order valence-electron chi connectivity index (χ3n) is 4.31. The van der Waals surface area contributed by atoms with Crippen LogP contribution in [0.3, 0.4) is 0 Å². The predicted molar refractivity (Wildman–Crippen MR) is 88.0 cm³/mol. The lowest BCUT2D eigenvalue weighted by atomic mass is 9.99. The van der Waals surface area contributed by atoms with E-state index in [-0.39, 0.29) is 11.9 Å². The maximum Gasteiger partial charge on any atom is 0.260 e. The lowest BCUT2D eigenvalue weighted by Gasteiger charge is -2.36. The minimum Gasteiger partial charge on any atom is -0.480 e. The van der Waals surface area contributed by atoms with Gasteiger partial charge in [-0.2, -0.15) is 5.10 Å². The highest BCUT2D eigenvalue weighted by Crippen LogP contribution is 2.32. The first kappa shape index (κ1) is 16.4. The topological polar surface area (TPSA) is 69.5 Å². The summed E-state index contributed by atoms with van der Waals surface area (Å²) in [4.78, 5) is 19.1. The molecule has 24 heavy (non-hydrogen) atoms. The minimum absolute atomic E-state index is 0.100. The molecule has 0 unspecified atom stereocenters. The summed E-state index contributed by atoms with van der Waals surface area (Å²) < 4.78 is 12.7. The molecule has 2 aromatic rings. The molecule has 1 atom stereocenters. The average molecular weight is 330 g/mol. The van der Waals surface area contributed by atoms with E-state index < -0.39 is 0 Å². The number of carbonyl (C=O) groups is 1. The number of pyridine rings is 1. The molecule has 0 saturated carbocycles. The summed E-state index contributed by atoms with van der Waals surface area (Å²) in [6.45, 7) is 3.61. The molecule has 0 spiro atoms. The lowest BCUT2D eigenvalue weighted by molar-refractivity contribution is 0.0398. The van der Waals surface area contributed by atoms with Crippen LogP contribution in [0.2, 0.25) is 0 Å². The Hall–Kier alpha value is -2.41. The number of hydrogen-bond donors (Lipinski definition) is 0. The smallest absolute Gasteiger partial charge is 0.260 e. The number of nitrogens with zero attached hydrogens (tertiary/aromatic N) is 4. The Bertz CT molecular complexity index is 728. The molecular formula is C17H22N4O3. The molecule has 0 aliphatic carbocycles. The van der Waals surface area contributed by atoms with E-state index in [9.17, 15) is 4.79 Å². The van der Waals surface area contributed by atoms with Crippen LogP contribution in [0.15, 0.2) is 24.5 Å². The monoisotopic (exact) mass is 330 g/mol. The molecule has 0 aromatic carbocycles. The number of aryl methyl sites for hydroxylation is 1. The molecule has 1 amide bonds. The van der Waals surface area contributed by atoms with Crippen LogP contribution in [0.5, 0.6) is 5.88 Å². The molecule has 0 bridgehead atoms. The molecule has 1 aliphatic heterocycles. The van der Waals surface area contributed by atoms with Gasteiger partial charge in [0, 0.05) is 26.4 Å². The highest BCUT2D eigenvalue weighted by atomic mass is 16.5. The largest absolute Gasteiger partial charge is 0.480 e. The van der Waals surface area contributed by atoms with Gasteiger partial charge in [-0.25, -0.2) is 4.98 Å². The van der Waals surface area contributed by atoms with Crippen molar-refractivity contribution in [2.24, 2.45) is 7.05 Å². The Morgan fingerprint density at radius 2 is 2.29 bits per heavy atom. The van der Waals surface area contributed by atoms with E-state index in [1.165, 1.54) is 12.7 Å². The van der Waals surface area contributed by atoms with Crippen molar-refractivity contribution < 1.29 is 14.3 Å². The highest BCUT2D eigenvalue weighted by Gasteiger charge is 2.35. The second kappa shape index (κ2) is 7.00. The van der Waals surface area contributed by atoms with Crippen LogP contribution in [0.1, 0.15) is 34.6 Å². The van der Waals surface area contributed by atoms with E-state index in [1.807, 2.05) is 29.7 Å². The first-order valence-corrected chi connectivity index (χ1v) is 8.05. The van der Waals surface area contributed by atoms with Gasteiger partial charge in [0.1, 0.15) is 5.56 Å². The van der Waals surface area contributed by atoms with Crippen molar-refractivity contribution in [1.29, 1.82) is 0 Å². The minimum atomic E-state index is -0.168. The van der Waals surface area contributed by atoms with Crippen LogP contribution in [-0.4, -0.2) is 52.4 Å². The second-order valence-electron chi connectivity index (χ2n) is 5.66. The number of amides is 1. The van der Waals surface area contributed by atoms with Crippen LogP contribution in [-0.2, 0) is 18.2 Å². The van der Waals surface area contributed by atoms with Gasteiger partial charge in [0.2, 0.25) is 5.88 Å². The molecule has 0 N–H and O–H groups in total. The molecular weight excluding hydrogens is 308 g/mol.